The molecule has 0 radical (unpaired) electrons. The van der Waals surface area contributed by atoms with Crippen LogP contribution in [0.1, 0.15) is 23.6 Å². The lowest BCUT2D eigenvalue weighted by atomic mass is 9.90. The van der Waals surface area contributed by atoms with Crippen LogP contribution in [0.5, 0.6) is 0 Å². The first-order chi connectivity index (χ1) is 14.2. The molecule has 0 bridgehead atoms. The van der Waals surface area contributed by atoms with Crippen molar-refractivity contribution in [3.63, 3.8) is 0 Å². The van der Waals surface area contributed by atoms with E-state index in [4.69, 9.17) is 14.9 Å². The first-order valence-electron chi connectivity index (χ1n) is 9.25. The van der Waals surface area contributed by atoms with Crippen molar-refractivity contribution in [2.75, 3.05) is 6.54 Å². The topological polar surface area (TPSA) is 86.7 Å². The molecule has 0 saturated carbocycles. The third kappa shape index (κ3) is 5.03. The Morgan fingerprint density at radius 3 is 2.53 bits per heavy atom. The van der Waals surface area contributed by atoms with E-state index in [1.54, 1.807) is 18.3 Å². The van der Waals surface area contributed by atoms with Crippen molar-refractivity contribution in [1.29, 1.82) is 0 Å². The number of carbonyl (C=O) groups excluding carboxylic acids is 2. The van der Waals surface area contributed by atoms with Gasteiger partial charge in [0.25, 0.3) is 0 Å². The molecule has 0 saturated heterocycles. The zero-order valence-electron chi connectivity index (χ0n) is 16.1. The molecule has 3 aromatic rings. The number of para-hydroxylation sites is 1. The molecule has 158 valence electrons. The average Bonchev–Trinajstić information content (AvgIpc) is 3.10. The van der Waals surface area contributed by atoms with Gasteiger partial charge in [-0.15, -0.1) is 11.3 Å². The summed E-state index contributed by atoms with van der Waals surface area (Å²) in [5.74, 6) is -2.80. The molecule has 4 rings (SSSR count). The van der Waals surface area contributed by atoms with Gasteiger partial charge < -0.3 is 15.2 Å². The number of aliphatic carboxylic acids is 1. The smallest absolute Gasteiger partial charge is 0.430 e. The maximum Gasteiger partial charge on any atom is 0.430 e. The molecule has 0 unspecified atom stereocenters. The molecule has 2 heterocycles. The Morgan fingerprint density at radius 1 is 1.20 bits per heavy atom. The molecule has 9 heteroatoms. The van der Waals surface area contributed by atoms with Crippen molar-refractivity contribution in [2.24, 2.45) is 0 Å². The Balaban J connectivity index is 0.000000318. The van der Waals surface area contributed by atoms with E-state index in [9.17, 15) is 18.0 Å². The van der Waals surface area contributed by atoms with Gasteiger partial charge in [-0.25, -0.2) is 4.98 Å². The number of nitrogens with two attached hydrogens (primary N) is 1. The van der Waals surface area contributed by atoms with E-state index in [1.165, 1.54) is 21.4 Å². The number of fused-ring (bicyclic) bond motifs is 2. The van der Waals surface area contributed by atoms with Crippen LogP contribution in [-0.4, -0.2) is 29.5 Å². The number of hydrogen-bond acceptors (Lipinski definition) is 5. The van der Waals surface area contributed by atoms with E-state index in [0.717, 1.165) is 35.6 Å². The summed E-state index contributed by atoms with van der Waals surface area (Å²) >= 11 is 1.73. The Bertz CT molecular complexity index is 1060. The molecule has 1 aromatic heterocycles. The van der Waals surface area contributed by atoms with Gasteiger partial charge in [0.15, 0.2) is 0 Å². The molecule has 0 fully saturated rings. The molecule has 1 aliphatic rings. The maximum atomic E-state index is 11.7. The summed E-state index contributed by atoms with van der Waals surface area (Å²) in [6, 6.07) is 12.6. The molecular weight excluding hydrogens is 417 g/mol. The lowest BCUT2D eigenvalue weighted by molar-refractivity contribution is -0.673. The van der Waals surface area contributed by atoms with Crippen LogP contribution in [0.2, 0.25) is 0 Å². The molecule has 0 amide bonds. The number of rotatable bonds is 3. The predicted molar refractivity (Wildman–Crippen MR) is 105 cm³/mol. The van der Waals surface area contributed by atoms with Crippen molar-refractivity contribution in [3.05, 3.63) is 53.1 Å². The highest BCUT2D eigenvalue weighted by Crippen LogP contribution is 2.36. The monoisotopic (exact) mass is 436 g/mol. The number of ketones is 1. The van der Waals surface area contributed by atoms with Crippen LogP contribution in [0.15, 0.2) is 36.4 Å². The summed E-state index contributed by atoms with van der Waals surface area (Å²) in [5.41, 5.74) is 6.16. The Hall–Kier alpha value is -2.78. The summed E-state index contributed by atoms with van der Waals surface area (Å²) in [5, 5.41) is 12.2. The van der Waals surface area contributed by atoms with Gasteiger partial charge in [0.1, 0.15) is 23.3 Å². The van der Waals surface area contributed by atoms with E-state index >= 15 is 0 Å². The van der Waals surface area contributed by atoms with E-state index in [0.29, 0.717) is 6.42 Å². The van der Waals surface area contributed by atoms with E-state index < -0.39 is 12.1 Å². The second-order valence-electron chi connectivity index (χ2n) is 6.92. The number of aromatic nitrogens is 1. The number of carbonyl (C=O) groups is 2. The van der Waals surface area contributed by atoms with Gasteiger partial charge >= 0.3 is 6.18 Å². The normalized spacial score (nSPS) is 13.3. The van der Waals surface area contributed by atoms with Gasteiger partial charge in [-0.2, -0.15) is 13.2 Å². The number of halogens is 3. The number of benzene rings is 2. The highest BCUT2D eigenvalue weighted by molar-refractivity contribution is 7.21. The molecule has 30 heavy (non-hydrogen) atoms. The van der Waals surface area contributed by atoms with Gasteiger partial charge in [-0.05, 0) is 30.2 Å². The lowest BCUT2D eigenvalue weighted by Crippen LogP contribution is -2.84. The SMILES string of the molecule is CC(=O)Cc1ccc2c(c1-c1nc3ccccc3s1)CC[NH2+]C2.O=C([O-])C(F)(F)F. The summed E-state index contributed by atoms with van der Waals surface area (Å²) in [7, 11) is 0. The number of carboxylic acids is 1. The van der Waals surface area contributed by atoms with Crippen LogP contribution in [0.3, 0.4) is 0 Å². The highest BCUT2D eigenvalue weighted by atomic mass is 32.1. The van der Waals surface area contributed by atoms with E-state index in [2.05, 4.69) is 35.6 Å². The van der Waals surface area contributed by atoms with Crippen molar-refractivity contribution in [3.8, 4) is 10.6 Å². The zero-order chi connectivity index (χ0) is 21.9. The van der Waals surface area contributed by atoms with Crippen LogP contribution in [0, 0.1) is 0 Å². The number of thiazole rings is 1. The van der Waals surface area contributed by atoms with Crippen molar-refractivity contribution in [2.45, 2.75) is 32.5 Å². The summed E-state index contributed by atoms with van der Waals surface area (Å²) in [6.45, 7) is 3.79. The molecule has 1 aliphatic heterocycles. The second kappa shape index (κ2) is 8.93. The van der Waals surface area contributed by atoms with Crippen LogP contribution in [-0.2, 0) is 29.0 Å². The summed E-state index contributed by atoms with van der Waals surface area (Å²) in [4.78, 5) is 25.4. The third-order valence-corrected chi connectivity index (χ3v) is 5.69. The minimum absolute atomic E-state index is 0.203. The van der Waals surface area contributed by atoms with E-state index in [-0.39, 0.29) is 5.78 Å². The minimum atomic E-state index is -5.19. The van der Waals surface area contributed by atoms with Crippen LogP contribution >= 0.6 is 11.3 Å². The fourth-order valence-electron chi connectivity index (χ4n) is 3.38. The number of quaternary nitrogens is 1. The van der Waals surface area contributed by atoms with Crippen molar-refractivity contribution in [1.82, 2.24) is 4.98 Å². The van der Waals surface area contributed by atoms with Gasteiger partial charge in [0.2, 0.25) is 0 Å². The van der Waals surface area contributed by atoms with Gasteiger partial charge in [0, 0.05) is 24.0 Å². The number of Topliss-reactive ketones (excluding diaryl/α,β-unsaturated/α-hetero) is 1. The fourth-order valence-corrected chi connectivity index (χ4v) is 4.45. The third-order valence-electron chi connectivity index (χ3n) is 4.64. The summed E-state index contributed by atoms with van der Waals surface area (Å²) < 4.78 is 32.8. The molecule has 0 aliphatic carbocycles. The van der Waals surface area contributed by atoms with E-state index in [1.807, 2.05) is 6.07 Å². The quantitative estimate of drug-likeness (QED) is 0.681. The minimum Gasteiger partial charge on any atom is -0.542 e. The largest absolute Gasteiger partial charge is 0.542 e. The van der Waals surface area contributed by atoms with Gasteiger partial charge in [0.05, 0.1) is 16.8 Å². The molecule has 2 aromatic carbocycles. The van der Waals surface area contributed by atoms with Gasteiger partial charge in [-0.3, -0.25) is 4.79 Å². The molecule has 2 N–H and O–H groups in total. The van der Waals surface area contributed by atoms with Crippen molar-refractivity contribution < 1.29 is 33.2 Å². The number of carboxylic acid groups (broad SMARTS) is 1. The molecule has 0 spiro atoms. The zero-order valence-corrected chi connectivity index (χ0v) is 16.9. The van der Waals surface area contributed by atoms with Gasteiger partial charge in [-0.1, -0.05) is 24.3 Å². The Morgan fingerprint density at radius 2 is 1.90 bits per heavy atom. The van der Waals surface area contributed by atoms with Crippen molar-refractivity contribution >= 4 is 33.3 Å². The Labute approximate surface area is 174 Å². The molecular formula is C21H19F3N2O3S. The number of hydrogen-bond donors (Lipinski definition) is 1. The first kappa shape index (κ1) is 21.9. The average molecular weight is 436 g/mol. The summed E-state index contributed by atoms with van der Waals surface area (Å²) in [6.07, 6.45) is -3.66. The fraction of sp³-hybridized carbons (Fsp3) is 0.286. The number of nitrogens with zero attached hydrogens (tertiary/aromatic N) is 1. The maximum absolute atomic E-state index is 11.7. The van der Waals surface area contributed by atoms with Crippen LogP contribution in [0.25, 0.3) is 20.8 Å². The highest BCUT2D eigenvalue weighted by Gasteiger charge is 2.28. The molecule has 0 atom stereocenters. The lowest BCUT2D eigenvalue weighted by Gasteiger charge is -2.20. The standard InChI is InChI=1S/C19H18N2OS.C2HF3O2/c1-12(22)10-13-6-7-14-11-20-9-8-15(14)18(13)19-21-16-4-2-3-5-17(16)23-19;3-2(4,5)1(6)7/h2-7,20H,8-11H2,1H3;(H,6,7). The predicted octanol–water partition coefficient (Wildman–Crippen LogP) is 2.01. The molecule has 5 nitrogen and oxygen atoms in total. The number of alkyl halides is 3. The van der Waals surface area contributed by atoms with Crippen LogP contribution < -0.4 is 10.4 Å². The Kier molecular flexibility index (Phi) is 6.52. The second-order valence-corrected chi connectivity index (χ2v) is 7.95. The van der Waals surface area contributed by atoms with Crippen LogP contribution in [0.4, 0.5) is 13.2 Å². The first-order valence-corrected chi connectivity index (χ1v) is 10.1.